The standard InChI is InChI=1S/C22H20N6O2/c1-14(26-27-21(29)18-13-23-19-6-4-3-5-17(18)19)15-7-9-16(10-8-15)25-22(30)20-11-12-24-28(20)2/h3-13,23H,1-2H3,(H,25,30)(H,27,29)/b26-14+. The van der Waals surface area contributed by atoms with E-state index in [9.17, 15) is 9.59 Å². The molecule has 2 amide bonds. The SMILES string of the molecule is C/C(=N\NC(=O)c1c[nH]c2ccccc12)c1ccc(NC(=O)c2ccnn2C)cc1. The zero-order chi connectivity index (χ0) is 21.1. The second-order valence-corrected chi connectivity index (χ2v) is 6.76. The Morgan fingerprint density at radius 3 is 2.53 bits per heavy atom. The van der Waals surface area contributed by atoms with Gasteiger partial charge >= 0.3 is 0 Å². The monoisotopic (exact) mass is 400 g/mol. The number of hydrogen-bond donors (Lipinski definition) is 3. The topological polar surface area (TPSA) is 104 Å². The van der Waals surface area contributed by atoms with Crippen LogP contribution in [0.25, 0.3) is 10.9 Å². The van der Waals surface area contributed by atoms with E-state index in [4.69, 9.17) is 0 Å². The Kier molecular flexibility index (Phi) is 5.13. The van der Waals surface area contributed by atoms with Gasteiger partial charge in [-0.15, -0.1) is 0 Å². The van der Waals surface area contributed by atoms with Crippen LogP contribution in [0.5, 0.6) is 0 Å². The van der Waals surface area contributed by atoms with Gasteiger partial charge in [0.25, 0.3) is 11.8 Å². The highest BCUT2D eigenvalue weighted by atomic mass is 16.2. The van der Waals surface area contributed by atoms with Crippen LogP contribution in [0.15, 0.2) is 72.1 Å². The normalized spacial score (nSPS) is 11.5. The summed E-state index contributed by atoms with van der Waals surface area (Å²) in [5, 5.41) is 11.9. The number of amides is 2. The molecule has 0 atom stereocenters. The number of rotatable bonds is 5. The average Bonchev–Trinajstić information content (AvgIpc) is 3.38. The Labute approximate surface area is 172 Å². The number of H-pyrrole nitrogens is 1. The van der Waals surface area contributed by atoms with E-state index >= 15 is 0 Å². The van der Waals surface area contributed by atoms with Gasteiger partial charge in [-0.3, -0.25) is 14.3 Å². The molecule has 2 aromatic carbocycles. The minimum atomic E-state index is -0.285. The summed E-state index contributed by atoms with van der Waals surface area (Å²) in [5.41, 5.74) is 6.62. The first kappa shape index (κ1) is 19.1. The number of aryl methyl sites for hydroxylation is 1. The molecule has 30 heavy (non-hydrogen) atoms. The summed E-state index contributed by atoms with van der Waals surface area (Å²) in [6, 6.07) is 16.5. The van der Waals surface area contributed by atoms with E-state index in [0.29, 0.717) is 22.7 Å². The summed E-state index contributed by atoms with van der Waals surface area (Å²) >= 11 is 0. The molecule has 150 valence electrons. The van der Waals surface area contributed by atoms with Crippen molar-refractivity contribution >= 4 is 34.1 Å². The van der Waals surface area contributed by atoms with Crippen molar-refractivity contribution in [2.75, 3.05) is 5.32 Å². The molecule has 0 aliphatic heterocycles. The molecule has 3 N–H and O–H groups in total. The van der Waals surface area contributed by atoms with Crippen LogP contribution in [-0.4, -0.2) is 32.3 Å². The number of carbonyl (C=O) groups is 2. The van der Waals surface area contributed by atoms with Crippen molar-refractivity contribution in [2.45, 2.75) is 6.92 Å². The maximum absolute atomic E-state index is 12.5. The van der Waals surface area contributed by atoms with Gasteiger partial charge in [-0.1, -0.05) is 30.3 Å². The summed E-state index contributed by atoms with van der Waals surface area (Å²) in [6.07, 6.45) is 3.24. The van der Waals surface area contributed by atoms with Crippen molar-refractivity contribution in [1.82, 2.24) is 20.2 Å². The van der Waals surface area contributed by atoms with E-state index in [-0.39, 0.29) is 11.8 Å². The fourth-order valence-electron chi connectivity index (χ4n) is 3.11. The third kappa shape index (κ3) is 3.83. The van der Waals surface area contributed by atoms with E-state index in [1.54, 1.807) is 44.6 Å². The molecule has 0 unspecified atom stereocenters. The molecule has 0 fully saturated rings. The highest BCUT2D eigenvalue weighted by Gasteiger charge is 2.12. The van der Waals surface area contributed by atoms with Crippen LogP contribution in [0.2, 0.25) is 0 Å². The van der Waals surface area contributed by atoms with E-state index in [1.165, 1.54) is 4.68 Å². The summed E-state index contributed by atoms with van der Waals surface area (Å²) in [7, 11) is 1.71. The number of hydrogen-bond acceptors (Lipinski definition) is 4. The van der Waals surface area contributed by atoms with Crippen molar-refractivity contribution < 1.29 is 9.59 Å². The summed E-state index contributed by atoms with van der Waals surface area (Å²) in [5.74, 6) is -0.522. The van der Waals surface area contributed by atoms with Crippen LogP contribution in [0, 0.1) is 0 Å². The zero-order valence-electron chi connectivity index (χ0n) is 16.5. The lowest BCUT2D eigenvalue weighted by atomic mass is 10.1. The molecule has 0 aliphatic rings. The number of nitrogens with zero attached hydrogens (tertiary/aromatic N) is 3. The van der Waals surface area contributed by atoms with E-state index in [1.807, 2.05) is 36.4 Å². The second-order valence-electron chi connectivity index (χ2n) is 6.76. The number of aromatic amines is 1. The highest BCUT2D eigenvalue weighted by Crippen LogP contribution is 2.17. The van der Waals surface area contributed by atoms with Gasteiger partial charge < -0.3 is 10.3 Å². The molecular formula is C22H20N6O2. The number of para-hydroxylation sites is 1. The van der Waals surface area contributed by atoms with Gasteiger partial charge in [0.1, 0.15) is 5.69 Å². The van der Waals surface area contributed by atoms with Gasteiger partial charge in [0.15, 0.2) is 0 Å². The fourth-order valence-corrected chi connectivity index (χ4v) is 3.11. The molecule has 0 saturated carbocycles. The molecule has 0 aliphatic carbocycles. The number of hydrazone groups is 1. The Bertz CT molecular complexity index is 1250. The smallest absolute Gasteiger partial charge is 0.273 e. The molecule has 0 saturated heterocycles. The van der Waals surface area contributed by atoms with E-state index < -0.39 is 0 Å². The predicted octanol–water partition coefficient (Wildman–Crippen LogP) is 3.31. The number of anilines is 1. The molecule has 4 rings (SSSR count). The fraction of sp³-hybridized carbons (Fsp3) is 0.0909. The zero-order valence-corrected chi connectivity index (χ0v) is 16.5. The maximum Gasteiger partial charge on any atom is 0.273 e. The molecule has 2 aromatic heterocycles. The maximum atomic E-state index is 12.5. The number of nitrogens with one attached hydrogen (secondary N) is 3. The van der Waals surface area contributed by atoms with E-state index in [0.717, 1.165) is 16.5 Å². The lowest BCUT2D eigenvalue weighted by Gasteiger charge is -2.07. The first-order valence-corrected chi connectivity index (χ1v) is 9.33. The van der Waals surface area contributed by atoms with Crippen LogP contribution in [0.4, 0.5) is 5.69 Å². The molecule has 0 spiro atoms. The molecule has 0 radical (unpaired) electrons. The summed E-state index contributed by atoms with van der Waals surface area (Å²) < 4.78 is 1.51. The molecular weight excluding hydrogens is 380 g/mol. The predicted molar refractivity (Wildman–Crippen MR) is 116 cm³/mol. The van der Waals surface area contributed by atoms with Crippen molar-refractivity contribution in [3.8, 4) is 0 Å². The summed E-state index contributed by atoms with van der Waals surface area (Å²) in [6.45, 7) is 1.80. The van der Waals surface area contributed by atoms with Crippen LogP contribution in [0.1, 0.15) is 33.3 Å². The third-order valence-electron chi connectivity index (χ3n) is 4.77. The van der Waals surface area contributed by atoms with Gasteiger partial charge in [-0.25, -0.2) is 5.43 Å². The van der Waals surface area contributed by atoms with Gasteiger partial charge in [0, 0.05) is 36.0 Å². The quantitative estimate of drug-likeness (QED) is 0.354. The lowest BCUT2D eigenvalue weighted by molar-refractivity contribution is 0.0955. The Balaban J connectivity index is 1.42. The number of benzene rings is 2. The van der Waals surface area contributed by atoms with Crippen molar-refractivity contribution in [2.24, 2.45) is 12.1 Å². The molecule has 4 aromatic rings. The second kappa shape index (κ2) is 8.04. The Hall–Kier alpha value is -4.20. The van der Waals surface area contributed by atoms with Gasteiger partial charge in [-0.2, -0.15) is 10.2 Å². The van der Waals surface area contributed by atoms with Crippen molar-refractivity contribution in [3.63, 3.8) is 0 Å². The minimum absolute atomic E-state index is 0.237. The molecule has 2 heterocycles. The third-order valence-corrected chi connectivity index (χ3v) is 4.77. The average molecular weight is 400 g/mol. The number of fused-ring (bicyclic) bond motifs is 1. The van der Waals surface area contributed by atoms with Crippen LogP contribution < -0.4 is 10.7 Å². The van der Waals surface area contributed by atoms with Gasteiger partial charge in [-0.05, 0) is 36.8 Å². The molecule has 8 heteroatoms. The summed E-state index contributed by atoms with van der Waals surface area (Å²) in [4.78, 5) is 27.8. The van der Waals surface area contributed by atoms with Crippen molar-refractivity contribution in [3.05, 3.63) is 83.8 Å². The lowest BCUT2D eigenvalue weighted by Crippen LogP contribution is -2.19. The molecule has 0 bridgehead atoms. The van der Waals surface area contributed by atoms with Crippen LogP contribution in [-0.2, 0) is 7.05 Å². The Morgan fingerprint density at radius 2 is 1.80 bits per heavy atom. The largest absolute Gasteiger partial charge is 0.360 e. The van der Waals surface area contributed by atoms with Crippen LogP contribution in [0.3, 0.4) is 0 Å². The van der Waals surface area contributed by atoms with Crippen molar-refractivity contribution in [1.29, 1.82) is 0 Å². The molecule has 8 nitrogen and oxygen atoms in total. The van der Waals surface area contributed by atoms with E-state index in [2.05, 4.69) is 25.9 Å². The number of aromatic nitrogens is 3. The number of carbonyl (C=O) groups excluding carboxylic acids is 2. The first-order chi connectivity index (χ1) is 14.5. The van der Waals surface area contributed by atoms with Gasteiger partial charge in [0.05, 0.1) is 11.3 Å². The van der Waals surface area contributed by atoms with Gasteiger partial charge in [0.2, 0.25) is 0 Å². The first-order valence-electron chi connectivity index (χ1n) is 9.33. The Morgan fingerprint density at radius 1 is 1.03 bits per heavy atom. The highest BCUT2D eigenvalue weighted by molar-refractivity contribution is 6.08. The van der Waals surface area contributed by atoms with Crippen LogP contribution >= 0.6 is 0 Å². The minimum Gasteiger partial charge on any atom is -0.360 e.